The zero-order valence-corrected chi connectivity index (χ0v) is 17.6. The number of amides is 1. The summed E-state index contributed by atoms with van der Waals surface area (Å²) in [6, 6.07) is 5.03. The number of carbonyl (C=O) groups excluding carboxylic acids is 1. The summed E-state index contributed by atoms with van der Waals surface area (Å²) >= 11 is 0. The molecular weight excluding hydrogens is 389 g/mol. The predicted octanol–water partition coefficient (Wildman–Crippen LogP) is 2.41. The van der Waals surface area contributed by atoms with E-state index in [1.54, 1.807) is 25.1 Å². The summed E-state index contributed by atoms with van der Waals surface area (Å²) in [7, 11) is 3.08. The van der Waals surface area contributed by atoms with Crippen LogP contribution in [0.1, 0.15) is 39.0 Å². The molecule has 30 heavy (non-hydrogen) atoms. The summed E-state index contributed by atoms with van der Waals surface area (Å²) in [4.78, 5) is 16.7. The SMILES string of the molecule is COc1cc(NC2=NC(NC3CCCCC3N)=C(F)CC2(C)C(N)=O)cc(OC)c1. The highest BCUT2D eigenvalue weighted by atomic mass is 19.1. The number of amidine groups is 1. The zero-order chi connectivity index (χ0) is 21.9. The first kappa shape index (κ1) is 21.9. The fourth-order valence-electron chi connectivity index (χ4n) is 3.78. The van der Waals surface area contributed by atoms with Crippen molar-refractivity contribution >= 4 is 17.4 Å². The number of methoxy groups -OCH3 is 2. The Kier molecular flexibility index (Phi) is 6.50. The summed E-state index contributed by atoms with van der Waals surface area (Å²) in [5.74, 6) is 0.270. The van der Waals surface area contributed by atoms with Crippen molar-refractivity contribution < 1.29 is 18.7 Å². The molecule has 3 atom stereocenters. The lowest BCUT2D eigenvalue weighted by atomic mass is 9.82. The number of carbonyl (C=O) groups is 1. The topological polar surface area (TPSA) is 124 Å². The molecule has 1 amide bonds. The quantitative estimate of drug-likeness (QED) is 0.561. The lowest BCUT2D eigenvalue weighted by Crippen LogP contribution is -2.50. The third kappa shape index (κ3) is 4.51. The second-order valence-corrected chi connectivity index (χ2v) is 8.01. The van der Waals surface area contributed by atoms with Gasteiger partial charge in [-0.2, -0.15) is 0 Å². The predicted molar refractivity (Wildman–Crippen MR) is 114 cm³/mol. The molecule has 0 radical (unpaired) electrons. The van der Waals surface area contributed by atoms with E-state index in [0.29, 0.717) is 17.2 Å². The number of hydrogen-bond donors (Lipinski definition) is 4. The zero-order valence-electron chi connectivity index (χ0n) is 17.6. The van der Waals surface area contributed by atoms with E-state index in [2.05, 4.69) is 15.6 Å². The Morgan fingerprint density at radius 2 is 1.83 bits per heavy atom. The van der Waals surface area contributed by atoms with Gasteiger partial charge in [-0.1, -0.05) is 12.8 Å². The molecule has 3 unspecified atom stereocenters. The standard InChI is InChI=1S/C21H30FN5O3/c1-21(19(24)28)11-15(22)18(26-17-7-5-4-6-16(17)23)27-20(21)25-12-8-13(29-2)10-14(9-12)30-3/h8-10,16-17,26H,4-7,11,23H2,1-3H3,(H2,24,28)(H,25,27). The van der Waals surface area contributed by atoms with Crippen molar-refractivity contribution in [3.8, 4) is 11.5 Å². The van der Waals surface area contributed by atoms with Crippen molar-refractivity contribution in [1.29, 1.82) is 0 Å². The molecule has 1 aromatic rings. The highest BCUT2D eigenvalue weighted by Crippen LogP contribution is 2.36. The number of nitrogens with one attached hydrogen (secondary N) is 2. The summed E-state index contributed by atoms with van der Waals surface area (Å²) in [6.45, 7) is 1.57. The van der Waals surface area contributed by atoms with Crippen LogP contribution in [0.5, 0.6) is 11.5 Å². The second-order valence-electron chi connectivity index (χ2n) is 8.01. The van der Waals surface area contributed by atoms with Crippen LogP contribution < -0.4 is 31.6 Å². The lowest BCUT2D eigenvalue weighted by molar-refractivity contribution is -0.123. The van der Waals surface area contributed by atoms with Crippen LogP contribution in [0.2, 0.25) is 0 Å². The first-order valence-electron chi connectivity index (χ1n) is 10.1. The molecule has 0 aromatic heterocycles. The van der Waals surface area contributed by atoms with Crippen LogP contribution in [-0.4, -0.2) is 38.0 Å². The van der Waals surface area contributed by atoms with Crippen molar-refractivity contribution in [1.82, 2.24) is 5.32 Å². The average Bonchev–Trinajstić information content (AvgIpc) is 2.72. The highest BCUT2D eigenvalue weighted by Gasteiger charge is 2.43. The maximum absolute atomic E-state index is 14.9. The number of primary amides is 1. The number of hydrogen-bond acceptors (Lipinski definition) is 7. The molecule has 1 saturated carbocycles. The van der Waals surface area contributed by atoms with Gasteiger partial charge in [-0.25, -0.2) is 9.38 Å². The largest absolute Gasteiger partial charge is 0.497 e. The van der Waals surface area contributed by atoms with E-state index in [9.17, 15) is 9.18 Å². The summed E-state index contributed by atoms with van der Waals surface area (Å²) < 4.78 is 25.5. The van der Waals surface area contributed by atoms with E-state index < -0.39 is 17.1 Å². The molecule has 0 saturated heterocycles. The van der Waals surface area contributed by atoms with E-state index in [4.69, 9.17) is 20.9 Å². The van der Waals surface area contributed by atoms with Gasteiger partial charge in [-0.3, -0.25) is 4.79 Å². The second kappa shape index (κ2) is 8.91. The van der Waals surface area contributed by atoms with Gasteiger partial charge in [0.25, 0.3) is 0 Å². The molecule has 2 aliphatic rings. The van der Waals surface area contributed by atoms with Crippen LogP contribution in [-0.2, 0) is 4.79 Å². The molecule has 1 fully saturated rings. The lowest BCUT2D eigenvalue weighted by Gasteiger charge is -2.35. The van der Waals surface area contributed by atoms with E-state index in [0.717, 1.165) is 25.7 Å². The molecule has 164 valence electrons. The van der Waals surface area contributed by atoms with Gasteiger partial charge in [0.2, 0.25) is 5.91 Å². The highest BCUT2D eigenvalue weighted by molar-refractivity contribution is 6.13. The minimum absolute atomic E-state index is 0.0700. The minimum Gasteiger partial charge on any atom is -0.497 e. The number of nitrogens with zero attached hydrogens (tertiary/aromatic N) is 1. The van der Waals surface area contributed by atoms with E-state index in [1.807, 2.05) is 0 Å². The molecule has 1 aliphatic heterocycles. The van der Waals surface area contributed by atoms with E-state index >= 15 is 0 Å². The van der Waals surface area contributed by atoms with Gasteiger partial charge >= 0.3 is 0 Å². The molecule has 0 bridgehead atoms. The normalized spacial score (nSPS) is 26.6. The van der Waals surface area contributed by atoms with Gasteiger partial charge in [-0.05, 0) is 19.8 Å². The molecule has 1 heterocycles. The molecule has 8 nitrogen and oxygen atoms in total. The molecule has 3 rings (SSSR count). The first-order valence-corrected chi connectivity index (χ1v) is 10.1. The Hall–Kier alpha value is -2.81. The monoisotopic (exact) mass is 419 g/mol. The third-order valence-corrected chi connectivity index (χ3v) is 5.81. The summed E-state index contributed by atoms with van der Waals surface area (Å²) in [6.07, 6.45) is 3.62. The Labute approximate surface area is 175 Å². The van der Waals surface area contributed by atoms with Gasteiger partial charge in [0, 0.05) is 42.4 Å². The van der Waals surface area contributed by atoms with Crippen molar-refractivity contribution in [2.45, 2.75) is 51.1 Å². The fourth-order valence-corrected chi connectivity index (χ4v) is 3.78. The van der Waals surface area contributed by atoms with Crippen LogP contribution in [0.25, 0.3) is 0 Å². The number of ether oxygens (including phenoxy) is 2. The molecule has 9 heteroatoms. The number of benzene rings is 1. The van der Waals surface area contributed by atoms with Gasteiger partial charge in [-0.15, -0.1) is 0 Å². The van der Waals surface area contributed by atoms with Crippen LogP contribution in [0, 0.1) is 5.41 Å². The molecule has 0 spiro atoms. The molecule has 6 N–H and O–H groups in total. The number of allylic oxidation sites excluding steroid dienone is 1. The van der Waals surface area contributed by atoms with Gasteiger partial charge in [0.1, 0.15) is 28.6 Å². The number of aliphatic imine (C=N–C) groups is 1. The number of nitrogens with two attached hydrogens (primary N) is 2. The number of anilines is 1. The van der Waals surface area contributed by atoms with Gasteiger partial charge < -0.3 is 31.6 Å². The smallest absolute Gasteiger partial charge is 0.231 e. The first-order chi connectivity index (χ1) is 14.3. The Morgan fingerprint density at radius 1 is 1.20 bits per heavy atom. The number of halogens is 1. The average molecular weight is 420 g/mol. The van der Waals surface area contributed by atoms with Crippen LogP contribution in [0.15, 0.2) is 34.8 Å². The van der Waals surface area contributed by atoms with Crippen LogP contribution in [0.3, 0.4) is 0 Å². The fraction of sp³-hybridized carbons (Fsp3) is 0.524. The summed E-state index contributed by atoms with van der Waals surface area (Å²) in [5.41, 5.74) is 11.1. The summed E-state index contributed by atoms with van der Waals surface area (Å²) in [5, 5.41) is 6.26. The molecule has 1 aromatic carbocycles. The maximum atomic E-state index is 14.9. The maximum Gasteiger partial charge on any atom is 0.231 e. The van der Waals surface area contributed by atoms with E-state index in [1.165, 1.54) is 14.2 Å². The van der Waals surface area contributed by atoms with Crippen molar-refractivity contribution in [2.75, 3.05) is 19.5 Å². The number of rotatable bonds is 6. The van der Waals surface area contributed by atoms with Crippen LogP contribution >= 0.6 is 0 Å². The van der Waals surface area contributed by atoms with Gasteiger partial charge in [0.15, 0.2) is 5.82 Å². The van der Waals surface area contributed by atoms with Crippen LogP contribution in [0.4, 0.5) is 10.1 Å². The van der Waals surface area contributed by atoms with E-state index in [-0.39, 0.29) is 30.2 Å². The molecular formula is C21H30FN5O3. The van der Waals surface area contributed by atoms with Crippen molar-refractivity contribution in [3.63, 3.8) is 0 Å². The van der Waals surface area contributed by atoms with Crippen molar-refractivity contribution in [3.05, 3.63) is 29.8 Å². The third-order valence-electron chi connectivity index (χ3n) is 5.81. The van der Waals surface area contributed by atoms with Crippen molar-refractivity contribution in [2.24, 2.45) is 21.9 Å². The molecule has 1 aliphatic carbocycles. The van der Waals surface area contributed by atoms with Gasteiger partial charge in [0.05, 0.1) is 14.2 Å². The Morgan fingerprint density at radius 3 is 2.40 bits per heavy atom. The minimum atomic E-state index is -1.33. The Balaban J connectivity index is 1.94. The Bertz CT molecular complexity index is 850.